The summed E-state index contributed by atoms with van der Waals surface area (Å²) in [5, 5.41) is 6.19. The van der Waals surface area contributed by atoms with E-state index in [0.717, 1.165) is 22.9 Å². The van der Waals surface area contributed by atoms with Crippen LogP contribution in [0.15, 0.2) is 79.1 Å². The van der Waals surface area contributed by atoms with E-state index in [0.29, 0.717) is 5.56 Å². The summed E-state index contributed by atoms with van der Waals surface area (Å²) < 4.78 is 81.5. The monoisotopic (exact) mass is 492 g/mol. The number of ether oxygens (including phenoxy) is 1. The number of benzene rings is 2. The zero-order chi connectivity index (χ0) is 25.2. The summed E-state index contributed by atoms with van der Waals surface area (Å²) in [6.07, 6.45) is -6.61. The van der Waals surface area contributed by atoms with Gasteiger partial charge in [0.1, 0.15) is 5.75 Å². The van der Waals surface area contributed by atoms with Crippen LogP contribution in [0.3, 0.4) is 0 Å². The Kier molecular flexibility index (Phi) is 6.20. The fourth-order valence-corrected chi connectivity index (χ4v) is 3.13. The van der Waals surface area contributed by atoms with Crippen LogP contribution >= 0.6 is 0 Å². The van der Waals surface area contributed by atoms with Gasteiger partial charge in [-0.05, 0) is 66.7 Å². The van der Waals surface area contributed by atoms with Gasteiger partial charge in [0.25, 0.3) is 5.91 Å². The van der Waals surface area contributed by atoms with Crippen LogP contribution in [0.4, 0.5) is 32.0 Å². The number of nitrogens with zero attached hydrogens (tertiary/aromatic N) is 3. The van der Waals surface area contributed by atoms with Gasteiger partial charge in [0.05, 0.1) is 11.4 Å². The van der Waals surface area contributed by atoms with Crippen molar-refractivity contribution in [2.75, 3.05) is 5.32 Å². The normalized spacial score (nSPS) is 11.8. The standard InChI is InChI=1S/C23H14F6N4O2/c24-22(25,26)20-12-19(15-2-1-11-30-13-15)33(32-20)17-7-3-14(4-8-17)21(34)31-16-5-9-18(10-6-16)35-23(27,28)29/h1-13H,(H,31,34). The number of amides is 1. The van der Waals surface area contributed by atoms with E-state index in [1.807, 2.05) is 0 Å². The highest BCUT2D eigenvalue weighted by Crippen LogP contribution is 2.33. The molecule has 0 saturated heterocycles. The number of carbonyl (C=O) groups excluding carboxylic acids is 1. The van der Waals surface area contributed by atoms with Crippen LogP contribution in [0.1, 0.15) is 16.1 Å². The molecule has 0 radical (unpaired) electrons. The number of pyridine rings is 1. The molecule has 4 aromatic rings. The maximum Gasteiger partial charge on any atom is 0.573 e. The average Bonchev–Trinajstić information content (AvgIpc) is 3.26. The number of rotatable bonds is 5. The first-order valence-electron chi connectivity index (χ1n) is 9.85. The number of aromatic nitrogens is 3. The quantitative estimate of drug-likeness (QED) is 0.342. The lowest BCUT2D eigenvalue weighted by Gasteiger charge is -2.11. The van der Waals surface area contributed by atoms with Gasteiger partial charge in [0.15, 0.2) is 5.69 Å². The Hall–Kier alpha value is -4.35. The largest absolute Gasteiger partial charge is 0.573 e. The zero-order valence-electron chi connectivity index (χ0n) is 17.4. The lowest BCUT2D eigenvalue weighted by molar-refractivity contribution is -0.274. The summed E-state index contributed by atoms with van der Waals surface area (Å²) in [6, 6.07) is 14.2. The Morgan fingerprint density at radius 2 is 1.60 bits per heavy atom. The second-order valence-corrected chi connectivity index (χ2v) is 7.14. The third kappa shape index (κ3) is 5.78. The van der Waals surface area contributed by atoms with E-state index in [1.165, 1.54) is 48.8 Å². The van der Waals surface area contributed by atoms with Crippen LogP contribution in [-0.2, 0) is 6.18 Å². The topological polar surface area (TPSA) is 69.0 Å². The predicted octanol–water partition coefficient (Wildman–Crippen LogP) is 6.10. The smallest absolute Gasteiger partial charge is 0.406 e. The lowest BCUT2D eigenvalue weighted by Crippen LogP contribution is -2.17. The van der Waals surface area contributed by atoms with Crippen LogP contribution in [0.5, 0.6) is 5.75 Å². The highest BCUT2D eigenvalue weighted by molar-refractivity contribution is 6.04. The molecule has 12 heteroatoms. The molecule has 4 rings (SSSR count). The molecule has 2 aromatic heterocycles. The van der Waals surface area contributed by atoms with E-state index in [4.69, 9.17) is 0 Å². The Bertz CT molecular complexity index is 1320. The van der Waals surface area contributed by atoms with Gasteiger partial charge in [-0.25, -0.2) is 4.68 Å². The zero-order valence-corrected chi connectivity index (χ0v) is 17.4. The number of anilines is 1. The highest BCUT2D eigenvalue weighted by Gasteiger charge is 2.35. The van der Waals surface area contributed by atoms with Gasteiger partial charge in [-0.1, -0.05) is 0 Å². The van der Waals surface area contributed by atoms with E-state index in [-0.39, 0.29) is 22.6 Å². The van der Waals surface area contributed by atoms with Gasteiger partial charge in [-0.15, -0.1) is 13.2 Å². The molecular weight excluding hydrogens is 478 g/mol. The molecule has 0 aliphatic heterocycles. The van der Waals surface area contributed by atoms with Crippen molar-refractivity contribution in [1.82, 2.24) is 14.8 Å². The highest BCUT2D eigenvalue weighted by atomic mass is 19.4. The molecule has 0 fully saturated rings. The van der Waals surface area contributed by atoms with Gasteiger partial charge in [-0.3, -0.25) is 9.78 Å². The first kappa shape index (κ1) is 23.8. The fraction of sp³-hybridized carbons (Fsp3) is 0.0870. The molecule has 180 valence electrons. The van der Waals surface area contributed by atoms with E-state index < -0.39 is 29.9 Å². The van der Waals surface area contributed by atoms with Crippen molar-refractivity contribution >= 4 is 11.6 Å². The molecule has 0 aliphatic carbocycles. The van der Waals surface area contributed by atoms with Crippen LogP contribution < -0.4 is 10.1 Å². The van der Waals surface area contributed by atoms with Crippen LogP contribution in [0.25, 0.3) is 16.9 Å². The molecule has 0 aliphatic rings. The third-order valence-corrected chi connectivity index (χ3v) is 4.68. The minimum atomic E-state index is -4.83. The lowest BCUT2D eigenvalue weighted by atomic mass is 10.1. The molecule has 0 unspecified atom stereocenters. The molecule has 1 N–H and O–H groups in total. The molecule has 1 amide bonds. The number of halogens is 6. The first-order chi connectivity index (χ1) is 16.5. The van der Waals surface area contributed by atoms with Gasteiger partial charge in [0, 0.05) is 29.2 Å². The SMILES string of the molecule is O=C(Nc1ccc(OC(F)(F)F)cc1)c1ccc(-n2nc(C(F)(F)F)cc2-c2cccnc2)cc1. The van der Waals surface area contributed by atoms with Crippen molar-refractivity contribution in [2.24, 2.45) is 0 Å². The van der Waals surface area contributed by atoms with Gasteiger partial charge < -0.3 is 10.1 Å². The summed E-state index contributed by atoms with van der Waals surface area (Å²) in [7, 11) is 0. The summed E-state index contributed by atoms with van der Waals surface area (Å²) in [5.41, 5.74) is 0.129. The maximum absolute atomic E-state index is 13.3. The van der Waals surface area contributed by atoms with Crippen molar-refractivity contribution in [3.8, 4) is 22.7 Å². The molecule has 0 spiro atoms. The van der Waals surface area contributed by atoms with Gasteiger partial charge >= 0.3 is 12.5 Å². The minimum absolute atomic E-state index is 0.156. The van der Waals surface area contributed by atoms with Crippen LogP contribution in [0.2, 0.25) is 0 Å². The summed E-state index contributed by atoms with van der Waals surface area (Å²) in [4.78, 5) is 16.4. The molecule has 0 bridgehead atoms. The molecule has 0 saturated carbocycles. The van der Waals surface area contributed by atoms with Crippen molar-refractivity contribution in [1.29, 1.82) is 0 Å². The molecule has 2 aromatic carbocycles. The fourth-order valence-electron chi connectivity index (χ4n) is 3.13. The van der Waals surface area contributed by atoms with Crippen molar-refractivity contribution in [3.63, 3.8) is 0 Å². The Balaban J connectivity index is 1.55. The molecule has 6 nitrogen and oxygen atoms in total. The van der Waals surface area contributed by atoms with Gasteiger partial charge in [0.2, 0.25) is 0 Å². The predicted molar refractivity (Wildman–Crippen MR) is 113 cm³/mol. The Labute approximate surface area is 193 Å². The molecular formula is C23H14F6N4O2. The Morgan fingerprint density at radius 3 is 2.17 bits per heavy atom. The summed E-state index contributed by atoms with van der Waals surface area (Å²) in [5.74, 6) is -1.02. The number of alkyl halides is 6. The van der Waals surface area contributed by atoms with E-state index >= 15 is 0 Å². The van der Waals surface area contributed by atoms with E-state index in [1.54, 1.807) is 12.1 Å². The average molecular weight is 492 g/mol. The first-order valence-corrected chi connectivity index (χ1v) is 9.85. The van der Waals surface area contributed by atoms with Crippen molar-refractivity contribution in [2.45, 2.75) is 12.5 Å². The number of nitrogens with one attached hydrogen (secondary N) is 1. The molecule has 2 heterocycles. The third-order valence-electron chi connectivity index (χ3n) is 4.68. The van der Waals surface area contributed by atoms with Crippen molar-refractivity contribution < 1.29 is 35.9 Å². The number of hydrogen-bond acceptors (Lipinski definition) is 4. The maximum atomic E-state index is 13.3. The minimum Gasteiger partial charge on any atom is -0.406 e. The second kappa shape index (κ2) is 9.12. The van der Waals surface area contributed by atoms with Gasteiger partial charge in [-0.2, -0.15) is 18.3 Å². The number of hydrogen-bond donors (Lipinski definition) is 1. The molecule has 0 atom stereocenters. The molecule has 35 heavy (non-hydrogen) atoms. The number of carbonyl (C=O) groups is 1. The van der Waals surface area contributed by atoms with E-state index in [9.17, 15) is 31.1 Å². The van der Waals surface area contributed by atoms with Crippen LogP contribution in [-0.4, -0.2) is 27.0 Å². The van der Waals surface area contributed by atoms with Crippen molar-refractivity contribution in [3.05, 3.63) is 90.4 Å². The summed E-state index contributed by atoms with van der Waals surface area (Å²) >= 11 is 0. The van der Waals surface area contributed by atoms with E-state index in [2.05, 4.69) is 20.1 Å². The Morgan fingerprint density at radius 1 is 0.914 bits per heavy atom. The second-order valence-electron chi connectivity index (χ2n) is 7.14. The summed E-state index contributed by atoms with van der Waals surface area (Å²) in [6.45, 7) is 0. The van der Waals surface area contributed by atoms with Crippen LogP contribution in [0, 0.1) is 0 Å².